The normalized spacial score (nSPS) is 12.2. The van der Waals surface area contributed by atoms with E-state index in [-0.39, 0.29) is 10.6 Å². The molecule has 0 N–H and O–H groups in total. The summed E-state index contributed by atoms with van der Waals surface area (Å²) in [6.07, 6.45) is 0. The lowest BCUT2D eigenvalue weighted by Gasteiger charge is -2.10. The van der Waals surface area contributed by atoms with Crippen molar-refractivity contribution in [1.82, 2.24) is 4.64 Å². The fraction of sp³-hybridized carbons (Fsp3) is 0.133. The van der Waals surface area contributed by atoms with Gasteiger partial charge < -0.3 is 0 Å². The van der Waals surface area contributed by atoms with Crippen molar-refractivity contribution in [2.75, 3.05) is 0 Å². The topological polar surface area (TPSA) is 49.7 Å². The second-order valence-electron chi connectivity index (χ2n) is 4.57. The van der Waals surface area contributed by atoms with E-state index in [1.807, 2.05) is 13.0 Å². The first-order valence-electron chi connectivity index (χ1n) is 6.29. The SMILES string of the molecule is CC(=NN(F)S(=O)(=O)c1ccc(C)cc1)c1ccccc1. The molecule has 2 aromatic rings. The second-order valence-corrected chi connectivity index (χ2v) is 6.29. The van der Waals surface area contributed by atoms with E-state index in [0.29, 0.717) is 5.56 Å². The molecule has 0 spiro atoms. The van der Waals surface area contributed by atoms with Gasteiger partial charge in [0.2, 0.25) is 0 Å². The number of nitrogens with zero attached hydrogens (tertiary/aromatic N) is 2. The number of sulfonamides is 1. The first kappa shape index (κ1) is 15.2. The molecule has 110 valence electrons. The molecular formula is C15H15FN2O2S. The molecule has 2 rings (SSSR count). The Hall–Kier alpha value is -2.21. The van der Waals surface area contributed by atoms with Gasteiger partial charge in [0.1, 0.15) is 0 Å². The fourth-order valence-electron chi connectivity index (χ4n) is 1.71. The third-order valence-corrected chi connectivity index (χ3v) is 4.28. The Balaban J connectivity index is 2.31. The summed E-state index contributed by atoms with van der Waals surface area (Å²) < 4.78 is 37.6. The third kappa shape index (κ3) is 3.46. The van der Waals surface area contributed by atoms with Crippen molar-refractivity contribution < 1.29 is 12.9 Å². The predicted octanol–water partition coefficient (Wildman–Crippen LogP) is 3.29. The van der Waals surface area contributed by atoms with Crippen molar-refractivity contribution >= 4 is 15.7 Å². The summed E-state index contributed by atoms with van der Waals surface area (Å²) >= 11 is 0. The van der Waals surface area contributed by atoms with Gasteiger partial charge in [0.05, 0.1) is 10.6 Å². The van der Waals surface area contributed by atoms with E-state index in [9.17, 15) is 12.9 Å². The summed E-state index contributed by atoms with van der Waals surface area (Å²) in [5.41, 5.74) is 1.82. The molecule has 0 amide bonds. The minimum Gasteiger partial charge on any atom is -0.197 e. The molecule has 2 aromatic carbocycles. The summed E-state index contributed by atoms with van der Waals surface area (Å²) in [4.78, 5) is -0.139. The molecule has 0 aliphatic carbocycles. The number of hydrogen-bond donors (Lipinski definition) is 0. The fourth-order valence-corrected chi connectivity index (χ4v) is 2.59. The standard InChI is InChI=1S/C15H15FN2O2S/c1-12-8-10-15(11-9-12)21(19,20)18(16)17-13(2)14-6-4-3-5-7-14/h3-11H,1-2H3. The molecule has 0 bridgehead atoms. The number of aryl methyl sites for hydroxylation is 1. The molecule has 6 heteroatoms. The average molecular weight is 306 g/mol. The minimum absolute atomic E-state index is 0.139. The molecule has 0 saturated heterocycles. The van der Waals surface area contributed by atoms with Crippen LogP contribution in [0.1, 0.15) is 18.1 Å². The monoisotopic (exact) mass is 306 g/mol. The van der Waals surface area contributed by atoms with Gasteiger partial charge in [0.15, 0.2) is 0 Å². The predicted molar refractivity (Wildman–Crippen MR) is 80.0 cm³/mol. The van der Waals surface area contributed by atoms with E-state index in [4.69, 9.17) is 0 Å². The lowest BCUT2D eigenvalue weighted by atomic mass is 10.1. The smallest absolute Gasteiger partial charge is 0.197 e. The van der Waals surface area contributed by atoms with Crippen molar-refractivity contribution in [1.29, 1.82) is 0 Å². The van der Waals surface area contributed by atoms with Crippen molar-refractivity contribution in [3.63, 3.8) is 0 Å². The molecule has 0 unspecified atom stereocenters. The van der Waals surface area contributed by atoms with Gasteiger partial charge in [-0.2, -0.15) is 8.42 Å². The van der Waals surface area contributed by atoms with E-state index in [2.05, 4.69) is 5.10 Å². The Morgan fingerprint density at radius 1 is 1.05 bits per heavy atom. The molecule has 0 radical (unpaired) electrons. The van der Waals surface area contributed by atoms with Gasteiger partial charge in [-0.05, 0) is 36.2 Å². The molecule has 4 nitrogen and oxygen atoms in total. The molecule has 21 heavy (non-hydrogen) atoms. The molecule has 0 aliphatic heterocycles. The maximum Gasteiger partial charge on any atom is 0.306 e. The highest BCUT2D eigenvalue weighted by Crippen LogP contribution is 2.18. The molecular weight excluding hydrogens is 291 g/mol. The Bertz CT molecular complexity index is 741. The Morgan fingerprint density at radius 3 is 2.19 bits per heavy atom. The second kappa shape index (κ2) is 6.05. The Morgan fingerprint density at radius 2 is 1.62 bits per heavy atom. The van der Waals surface area contributed by atoms with Gasteiger partial charge >= 0.3 is 10.0 Å². The zero-order chi connectivity index (χ0) is 15.5. The van der Waals surface area contributed by atoms with Crippen LogP contribution in [0.4, 0.5) is 4.48 Å². The zero-order valence-electron chi connectivity index (χ0n) is 11.7. The Labute approximate surface area is 123 Å². The van der Waals surface area contributed by atoms with Gasteiger partial charge in [-0.15, -0.1) is 5.10 Å². The van der Waals surface area contributed by atoms with Gasteiger partial charge in [-0.25, -0.2) is 0 Å². The summed E-state index contributed by atoms with van der Waals surface area (Å²) in [5, 5.41) is 3.51. The van der Waals surface area contributed by atoms with E-state index >= 15 is 0 Å². The van der Waals surface area contributed by atoms with Crippen LogP contribution >= 0.6 is 0 Å². The highest BCUT2D eigenvalue weighted by Gasteiger charge is 2.23. The van der Waals surface area contributed by atoms with Crippen LogP contribution in [0.3, 0.4) is 0 Å². The lowest BCUT2D eigenvalue weighted by Crippen LogP contribution is -2.19. The van der Waals surface area contributed by atoms with Gasteiger partial charge in [-0.1, -0.05) is 52.5 Å². The highest BCUT2D eigenvalue weighted by molar-refractivity contribution is 7.89. The van der Waals surface area contributed by atoms with Crippen LogP contribution in [0.2, 0.25) is 0 Å². The highest BCUT2D eigenvalue weighted by atomic mass is 32.2. The van der Waals surface area contributed by atoms with Crippen molar-refractivity contribution in [2.24, 2.45) is 5.10 Å². The van der Waals surface area contributed by atoms with Crippen LogP contribution < -0.4 is 0 Å². The van der Waals surface area contributed by atoms with Crippen molar-refractivity contribution in [2.45, 2.75) is 18.7 Å². The van der Waals surface area contributed by atoms with Crippen LogP contribution in [0.25, 0.3) is 0 Å². The molecule has 0 aliphatic rings. The molecule has 0 atom stereocenters. The molecule has 0 fully saturated rings. The maximum atomic E-state index is 14.0. The average Bonchev–Trinajstić information content (AvgIpc) is 2.48. The quantitative estimate of drug-likeness (QED) is 0.494. The van der Waals surface area contributed by atoms with E-state index in [1.54, 1.807) is 43.3 Å². The first-order chi connectivity index (χ1) is 9.91. The number of hydrogen-bond acceptors (Lipinski definition) is 3. The van der Waals surface area contributed by atoms with Crippen LogP contribution in [-0.4, -0.2) is 18.8 Å². The molecule has 0 saturated carbocycles. The molecule has 0 heterocycles. The van der Waals surface area contributed by atoms with E-state index in [0.717, 1.165) is 5.56 Å². The van der Waals surface area contributed by atoms with Crippen LogP contribution in [-0.2, 0) is 10.0 Å². The number of benzene rings is 2. The summed E-state index contributed by atoms with van der Waals surface area (Å²) in [7, 11) is -4.28. The van der Waals surface area contributed by atoms with Gasteiger partial charge in [0.25, 0.3) is 0 Å². The summed E-state index contributed by atoms with van der Waals surface area (Å²) in [6, 6.07) is 14.7. The van der Waals surface area contributed by atoms with Gasteiger partial charge in [-0.3, -0.25) is 0 Å². The lowest BCUT2D eigenvalue weighted by molar-refractivity contribution is 0.145. The van der Waals surface area contributed by atoms with Crippen LogP contribution in [0.15, 0.2) is 64.6 Å². The summed E-state index contributed by atoms with van der Waals surface area (Å²) in [5.74, 6) is 0. The van der Waals surface area contributed by atoms with Crippen LogP contribution in [0, 0.1) is 6.92 Å². The van der Waals surface area contributed by atoms with Crippen molar-refractivity contribution in [3.05, 3.63) is 65.7 Å². The zero-order valence-corrected chi connectivity index (χ0v) is 12.5. The first-order valence-corrected chi connectivity index (χ1v) is 7.73. The maximum absolute atomic E-state index is 14.0. The van der Waals surface area contributed by atoms with Crippen LogP contribution in [0.5, 0.6) is 0 Å². The van der Waals surface area contributed by atoms with E-state index < -0.39 is 14.7 Å². The largest absolute Gasteiger partial charge is 0.306 e. The molecule has 0 aromatic heterocycles. The van der Waals surface area contributed by atoms with Crippen molar-refractivity contribution in [3.8, 4) is 0 Å². The Kier molecular flexibility index (Phi) is 4.37. The number of halogens is 1. The van der Waals surface area contributed by atoms with E-state index in [1.165, 1.54) is 12.1 Å². The number of hydrazone groups is 1. The van der Waals surface area contributed by atoms with Gasteiger partial charge in [0, 0.05) is 0 Å². The third-order valence-electron chi connectivity index (χ3n) is 2.94. The minimum atomic E-state index is -4.28. The summed E-state index contributed by atoms with van der Waals surface area (Å²) in [6.45, 7) is 3.37. The number of rotatable bonds is 4.